The number of nitrogens with zero attached hydrogens (tertiary/aromatic N) is 2. The first-order valence-electron chi connectivity index (χ1n) is 10.3. The summed E-state index contributed by atoms with van der Waals surface area (Å²) in [6.45, 7) is 3.52. The molecule has 0 bridgehead atoms. The first-order valence-corrected chi connectivity index (χ1v) is 12.0. The minimum atomic E-state index is -3.32. The Labute approximate surface area is 166 Å². The number of ether oxygens (including phenoxy) is 1. The van der Waals surface area contributed by atoms with Crippen LogP contribution in [0.3, 0.4) is 0 Å². The van der Waals surface area contributed by atoms with E-state index >= 15 is 0 Å². The molecule has 3 heterocycles. The summed E-state index contributed by atoms with van der Waals surface area (Å²) < 4.78 is 32.1. The smallest absolute Gasteiger partial charge is 0.230 e. The van der Waals surface area contributed by atoms with E-state index in [4.69, 9.17) is 4.74 Å². The van der Waals surface area contributed by atoms with Crippen LogP contribution in [0.2, 0.25) is 0 Å². The normalized spacial score (nSPS) is 28.0. The van der Waals surface area contributed by atoms with E-state index in [1.807, 2.05) is 6.92 Å². The molecule has 4 rings (SSSR count). The van der Waals surface area contributed by atoms with Crippen LogP contribution >= 0.6 is 0 Å². The second kappa shape index (κ2) is 7.76. The Bertz CT molecular complexity index is 837. The number of fused-ring (bicyclic) bond motifs is 2. The Morgan fingerprint density at radius 1 is 1.36 bits per heavy atom. The van der Waals surface area contributed by atoms with Crippen molar-refractivity contribution in [1.82, 2.24) is 19.8 Å². The number of H-pyrrole nitrogens is 1. The number of aromatic nitrogens is 2. The second-order valence-electron chi connectivity index (χ2n) is 8.35. The largest absolute Gasteiger partial charge is 0.380 e. The Morgan fingerprint density at radius 2 is 2.18 bits per heavy atom. The van der Waals surface area contributed by atoms with Crippen LogP contribution in [0.15, 0.2) is 0 Å². The molecule has 0 unspecified atom stereocenters. The molecule has 0 saturated carbocycles. The lowest BCUT2D eigenvalue weighted by atomic mass is 9.80. The molecule has 0 radical (unpaired) electrons. The monoisotopic (exact) mass is 410 g/mol. The third-order valence-corrected chi connectivity index (χ3v) is 8.45. The topological polar surface area (TPSA) is 104 Å². The SMILES string of the molecule is CCCS(=O)(=O)N1C[C@@H]2COC[C@]2(C(=O)NCc2n[nH]c3c2CCCCC3)C1. The van der Waals surface area contributed by atoms with Crippen molar-refractivity contribution in [2.24, 2.45) is 11.3 Å². The van der Waals surface area contributed by atoms with Crippen LogP contribution in [0, 0.1) is 11.3 Å². The number of amides is 1. The molecular weight excluding hydrogens is 380 g/mol. The number of aryl methyl sites for hydroxylation is 1. The van der Waals surface area contributed by atoms with Crippen molar-refractivity contribution in [2.75, 3.05) is 32.1 Å². The molecule has 156 valence electrons. The third kappa shape index (κ3) is 3.48. The fourth-order valence-electron chi connectivity index (χ4n) is 4.82. The molecule has 0 spiro atoms. The van der Waals surface area contributed by atoms with Crippen molar-refractivity contribution in [3.8, 4) is 0 Å². The van der Waals surface area contributed by atoms with Crippen LogP contribution in [-0.4, -0.2) is 60.9 Å². The summed E-state index contributed by atoms with van der Waals surface area (Å²) in [5.41, 5.74) is 2.56. The van der Waals surface area contributed by atoms with Gasteiger partial charge in [-0.15, -0.1) is 0 Å². The first kappa shape index (κ1) is 19.8. The van der Waals surface area contributed by atoms with Crippen molar-refractivity contribution in [3.05, 3.63) is 17.0 Å². The second-order valence-corrected chi connectivity index (χ2v) is 10.4. The first-order chi connectivity index (χ1) is 13.5. The molecule has 2 N–H and O–H groups in total. The van der Waals surface area contributed by atoms with Gasteiger partial charge in [-0.25, -0.2) is 12.7 Å². The zero-order valence-corrected chi connectivity index (χ0v) is 17.3. The maximum Gasteiger partial charge on any atom is 0.230 e. The Kier molecular flexibility index (Phi) is 5.50. The van der Waals surface area contributed by atoms with E-state index in [9.17, 15) is 13.2 Å². The van der Waals surface area contributed by atoms with Gasteiger partial charge in [-0.1, -0.05) is 13.3 Å². The van der Waals surface area contributed by atoms with Gasteiger partial charge in [-0.2, -0.15) is 5.10 Å². The maximum atomic E-state index is 13.2. The highest BCUT2D eigenvalue weighted by Gasteiger charge is 2.57. The van der Waals surface area contributed by atoms with E-state index in [1.54, 1.807) is 0 Å². The van der Waals surface area contributed by atoms with Crippen molar-refractivity contribution >= 4 is 15.9 Å². The van der Waals surface area contributed by atoms with Gasteiger partial charge in [-0.3, -0.25) is 9.89 Å². The molecule has 0 aromatic carbocycles. The Morgan fingerprint density at radius 3 is 3.00 bits per heavy atom. The van der Waals surface area contributed by atoms with Crippen LogP contribution < -0.4 is 5.32 Å². The number of hydrogen-bond acceptors (Lipinski definition) is 5. The fourth-order valence-corrected chi connectivity index (χ4v) is 6.43. The lowest BCUT2D eigenvalue weighted by Gasteiger charge is -2.25. The quantitative estimate of drug-likeness (QED) is 0.681. The molecule has 1 aromatic heterocycles. The van der Waals surface area contributed by atoms with Crippen LogP contribution in [-0.2, 0) is 38.9 Å². The van der Waals surface area contributed by atoms with Gasteiger partial charge in [0, 0.05) is 24.7 Å². The molecule has 28 heavy (non-hydrogen) atoms. The Hall–Kier alpha value is -1.45. The number of aromatic amines is 1. The van der Waals surface area contributed by atoms with E-state index < -0.39 is 15.4 Å². The number of rotatable bonds is 6. The van der Waals surface area contributed by atoms with Crippen molar-refractivity contribution < 1.29 is 17.9 Å². The third-order valence-electron chi connectivity index (χ3n) is 6.46. The van der Waals surface area contributed by atoms with Gasteiger partial charge in [0.1, 0.15) is 0 Å². The van der Waals surface area contributed by atoms with E-state index in [1.165, 1.54) is 28.4 Å². The standard InChI is InChI=1S/C19H30N4O4S/c1-2-8-28(25,26)23-10-14-11-27-13-19(14,12-23)18(24)20-9-17-15-6-4-3-5-7-16(15)21-22-17/h14H,2-13H2,1H3,(H,20,24)(H,21,22)/t14-,19-/m1/s1. The summed E-state index contributed by atoms with van der Waals surface area (Å²) in [4.78, 5) is 13.2. The summed E-state index contributed by atoms with van der Waals surface area (Å²) in [5, 5.41) is 10.6. The molecule has 3 aliphatic rings. The van der Waals surface area contributed by atoms with Gasteiger partial charge in [0.2, 0.25) is 15.9 Å². The summed E-state index contributed by atoms with van der Waals surface area (Å²) in [7, 11) is -3.32. The molecule has 2 fully saturated rings. The predicted molar refractivity (Wildman–Crippen MR) is 104 cm³/mol. The minimum absolute atomic E-state index is 0.0876. The molecule has 1 aliphatic carbocycles. The lowest BCUT2D eigenvalue weighted by Crippen LogP contribution is -2.47. The van der Waals surface area contributed by atoms with Crippen LogP contribution in [0.5, 0.6) is 0 Å². The minimum Gasteiger partial charge on any atom is -0.380 e. The molecule has 9 heteroatoms. The van der Waals surface area contributed by atoms with E-state index in [0.29, 0.717) is 26.1 Å². The van der Waals surface area contributed by atoms with Gasteiger partial charge >= 0.3 is 0 Å². The van der Waals surface area contributed by atoms with Gasteiger partial charge in [0.15, 0.2) is 0 Å². The molecule has 2 atom stereocenters. The van der Waals surface area contributed by atoms with E-state index in [2.05, 4.69) is 15.5 Å². The summed E-state index contributed by atoms with van der Waals surface area (Å²) in [6, 6.07) is 0. The molecule has 2 saturated heterocycles. The van der Waals surface area contributed by atoms with Crippen LogP contribution in [0.25, 0.3) is 0 Å². The molecule has 2 aliphatic heterocycles. The van der Waals surface area contributed by atoms with Crippen LogP contribution in [0.1, 0.15) is 49.6 Å². The van der Waals surface area contributed by atoms with E-state index in [-0.39, 0.29) is 30.7 Å². The fraction of sp³-hybridized carbons (Fsp3) is 0.789. The van der Waals surface area contributed by atoms with Crippen molar-refractivity contribution in [1.29, 1.82) is 0 Å². The zero-order valence-electron chi connectivity index (χ0n) is 16.5. The lowest BCUT2D eigenvalue weighted by molar-refractivity contribution is -0.131. The highest BCUT2D eigenvalue weighted by Crippen LogP contribution is 2.42. The van der Waals surface area contributed by atoms with Crippen molar-refractivity contribution in [3.63, 3.8) is 0 Å². The van der Waals surface area contributed by atoms with Gasteiger partial charge in [-0.05, 0) is 37.7 Å². The maximum absolute atomic E-state index is 13.2. The molecule has 1 aromatic rings. The number of sulfonamides is 1. The van der Waals surface area contributed by atoms with Crippen molar-refractivity contribution in [2.45, 2.75) is 52.0 Å². The number of carbonyl (C=O) groups is 1. The average molecular weight is 411 g/mol. The summed E-state index contributed by atoms with van der Waals surface area (Å²) in [6.07, 6.45) is 6.13. The molecule has 1 amide bonds. The Balaban J connectivity index is 1.46. The van der Waals surface area contributed by atoms with Gasteiger partial charge in [0.05, 0.1) is 36.6 Å². The number of nitrogens with one attached hydrogen (secondary N) is 2. The van der Waals surface area contributed by atoms with E-state index in [0.717, 1.165) is 25.0 Å². The van der Waals surface area contributed by atoms with Gasteiger partial charge in [0.25, 0.3) is 0 Å². The zero-order chi connectivity index (χ0) is 19.8. The molecular formula is C19H30N4O4S. The highest BCUT2D eigenvalue weighted by atomic mass is 32.2. The average Bonchev–Trinajstić information content (AvgIpc) is 3.28. The number of carbonyl (C=O) groups excluding carboxylic acids is 1. The predicted octanol–water partition coefficient (Wildman–Crippen LogP) is 0.983. The summed E-state index contributed by atoms with van der Waals surface area (Å²) in [5.74, 6) is -0.0810. The highest BCUT2D eigenvalue weighted by molar-refractivity contribution is 7.89. The van der Waals surface area contributed by atoms with Crippen LogP contribution in [0.4, 0.5) is 0 Å². The summed E-state index contributed by atoms with van der Waals surface area (Å²) >= 11 is 0. The number of hydrogen-bond donors (Lipinski definition) is 2. The molecule has 8 nitrogen and oxygen atoms in total. The van der Waals surface area contributed by atoms with Gasteiger partial charge < -0.3 is 10.1 Å².